The SMILES string of the molecule is CCCC[C@H](C)[C@@H](C=C[C@@H]1[C@@H](CC=CCCCC(=O)OC)[C@H](OC=O)C[C@H]1OC1CCCCO1)OC1CCCCO1. The van der Waals surface area contributed by atoms with Crippen molar-refractivity contribution >= 4 is 12.4 Å². The maximum atomic E-state index is 11.5. The normalized spacial score (nSPS) is 30.4. The van der Waals surface area contributed by atoms with Crippen LogP contribution in [0.4, 0.5) is 0 Å². The smallest absolute Gasteiger partial charge is 0.305 e. The van der Waals surface area contributed by atoms with Gasteiger partial charge in [0.15, 0.2) is 12.6 Å². The molecular formula is C33H54O8. The standard InChI is InChI=1S/C33H54O8/c1-4-5-14-25(2)28(40-32-17-10-12-21-37-32)20-19-27-26(15-8-6-7-9-16-31(35)36-3)29(39-24-34)23-30(27)41-33-18-11-13-22-38-33/h6,8,19-20,24-30,32-33H,4-5,7,9-18,21-23H2,1-3H3/t25-,26+,27+,28+,29+,30+,32?,33?/m0/s1. The number of carbonyl (C=O) groups excluding carboxylic acids is 2. The third-order valence-corrected chi connectivity index (χ3v) is 8.66. The summed E-state index contributed by atoms with van der Waals surface area (Å²) in [4.78, 5) is 22.9. The van der Waals surface area contributed by atoms with Gasteiger partial charge in [0.2, 0.25) is 0 Å². The number of methoxy groups -OCH3 is 1. The molecule has 3 rings (SSSR count). The molecule has 2 heterocycles. The predicted molar refractivity (Wildman–Crippen MR) is 157 cm³/mol. The van der Waals surface area contributed by atoms with E-state index >= 15 is 0 Å². The second-order valence-corrected chi connectivity index (χ2v) is 11.8. The van der Waals surface area contributed by atoms with Crippen molar-refractivity contribution in [3.63, 3.8) is 0 Å². The van der Waals surface area contributed by atoms with Crippen LogP contribution in [0.5, 0.6) is 0 Å². The highest BCUT2D eigenvalue weighted by Gasteiger charge is 2.44. The Balaban J connectivity index is 1.76. The minimum atomic E-state index is -0.242. The maximum absolute atomic E-state index is 11.5. The number of rotatable bonds is 18. The topological polar surface area (TPSA) is 89.5 Å². The van der Waals surface area contributed by atoms with Crippen molar-refractivity contribution in [2.24, 2.45) is 17.8 Å². The fourth-order valence-electron chi connectivity index (χ4n) is 6.18. The summed E-state index contributed by atoms with van der Waals surface area (Å²) < 4.78 is 35.3. The van der Waals surface area contributed by atoms with Gasteiger partial charge in [0.1, 0.15) is 6.10 Å². The number of esters is 1. The number of ether oxygens (including phenoxy) is 6. The van der Waals surface area contributed by atoms with E-state index in [1.807, 2.05) is 0 Å². The van der Waals surface area contributed by atoms with E-state index in [4.69, 9.17) is 28.4 Å². The first-order valence-electron chi connectivity index (χ1n) is 16.1. The molecule has 0 aromatic rings. The summed E-state index contributed by atoms with van der Waals surface area (Å²) in [7, 11) is 1.41. The molecule has 1 saturated carbocycles. The summed E-state index contributed by atoms with van der Waals surface area (Å²) in [5, 5.41) is 0. The van der Waals surface area contributed by atoms with Gasteiger partial charge in [0.05, 0.1) is 19.3 Å². The molecule has 41 heavy (non-hydrogen) atoms. The van der Waals surface area contributed by atoms with Gasteiger partial charge < -0.3 is 28.4 Å². The summed E-state index contributed by atoms with van der Waals surface area (Å²) in [6, 6.07) is 0. The molecule has 3 aliphatic rings. The van der Waals surface area contributed by atoms with Crippen LogP contribution in [0.3, 0.4) is 0 Å². The van der Waals surface area contributed by atoms with Gasteiger partial charge in [0.25, 0.3) is 6.47 Å². The summed E-state index contributed by atoms with van der Waals surface area (Å²) in [5.74, 6) is 0.281. The zero-order valence-electron chi connectivity index (χ0n) is 25.6. The molecule has 0 radical (unpaired) electrons. The monoisotopic (exact) mass is 578 g/mol. The highest BCUT2D eigenvalue weighted by Crippen LogP contribution is 2.41. The second kappa shape index (κ2) is 19.4. The van der Waals surface area contributed by atoms with Crippen molar-refractivity contribution in [3.05, 3.63) is 24.3 Å². The van der Waals surface area contributed by atoms with E-state index in [-0.39, 0.29) is 48.7 Å². The van der Waals surface area contributed by atoms with Crippen LogP contribution in [0.15, 0.2) is 24.3 Å². The highest BCUT2D eigenvalue weighted by molar-refractivity contribution is 5.69. The average molecular weight is 579 g/mol. The van der Waals surface area contributed by atoms with Crippen LogP contribution in [0.2, 0.25) is 0 Å². The first kappa shape index (κ1) is 33.8. The van der Waals surface area contributed by atoms with Crippen LogP contribution in [-0.4, -0.2) is 63.7 Å². The Morgan fingerprint density at radius 3 is 2.41 bits per heavy atom. The van der Waals surface area contributed by atoms with Crippen molar-refractivity contribution < 1.29 is 38.0 Å². The third-order valence-electron chi connectivity index (χ3n) is 8.66. The minimum absolute atomic E-state index is 0.0435. The summed E-state index contributed by atoms with van der Waals surface area (Å²) in [5.41, 5.74) is 0. The van der Waals surface area contributed by atoms with E-state index in [0.717, 1.165) is 90.3 Å². The van der Waals surface area contributed by atoms with E-state index in [1.165, 1.54) is 7.11 Å². The van der Waals surface area contributed by atoms with Gasteiger partial charge in [-0.3, -0.25) is 9.59 Å². The van der Waals surface area contributed by atoms with Crippen LogP contribution in [0.1, 0.15) is 104 Å². The molecular weight excluding hydrogens is 524 g/mol. The van der Waals surface area contributed by atoms with Gasteiger partial charge in [0, 0.05) is 37.9 Å². The van der Waals surface area contributed by atoms with Gasteiger partial charge in [-0.1, -0.05) is 51.0 Å². The first-order chi connectivity index (χ1) is 20.0. The van der Waals surface area contributed by atoms with Crippen molar-refractivity contribution in [2.45, 2.75) is 135 Å². The lowest BCUT2D eigenvalue weighted by Gasteiger charge is -2.31. The molecule has 234 valence electrons. The molecule has 1 aliphatic carbocycles. The van der Waals surface area contributed by atoms with Gasteiger partial charge >= 0.3 is 5.97 Å². The fourth-order valence-corrected chi connectivity index (χ4v) is 6.18. The van der Waals surface area contributed by atoms with Crippen LogP contribution in [-0.2, 0) is 38.0 Å². The first-order valence-corrected chi connectivity index (χ1v) is 16.1. The van der Waals surface area contributed by atoms with E-state index in [9.17, 15) is 9.59 Å². The Morgan fingerprint density at radius 1 is 1.00 bits per heavy atom. The number of unbranched alkanes of at least 4 members (excludes halogenated alkanes) is 2. The molecule has 0 aromatic carbocycles. The lowest BCUT2D eigenvalue weighted by molar-refractivity contribution is -0.193. The lowest BCUT2D eigenvalue weighted by atomic mass is 9.88. The summed E-state index contributed by atoms with van der Waals surface area (Å²) >= 11 is 0. The second-order valence-electron chi connectivity index (χ2n) is 11.8. The quantitative estimate of drug-likeness (QED) is 0.0772. The lowest BCUT2D eigenvalue weighted by Crippen LogP contribution is -2.32. The molecule has 0 amide bonds. The molecule has 0 spiro atoms. The van der Waals surface area contributed by atoms with Crippen molar-refractivity contribution in [1.29, 1.82) is 0 Å². The molecule has 2 saturated heterocycles. The number of allylic oxidation sites excluding steroid dienone is 2. The Labute approximate surface area is 247 Å². The highest BCUT2D eigenvalue weighted by atomic mass is 16.7. The molecule has 8 heteroatoms. The van der Waals surface area contributed by atoms with Gasteiger partial charge in [-0.05, 0) is 70.1 Å². The van der Waals surface area contributed by atoms with Crippen LogP contribution < -0.4 is 0 Å². The molecule has 0 aromatic heterocycles. The van der Waals surface area contributed by atoms with E-state index < -0.39 is 0 Å². The Bertz CT molecular complexity index is 786. The zero-order chi connectivity index (χ0) is 29.3. The van der Waals surface area contributed by atoms with Gasteiger partial charge in [-0.2, -0.15) is 0 Å². The van der Waals surface area contributed by atoms with Gasteiger partial charge in [-0.15, -0.1) is 0 Å². The van der Waals surface area contributed by atoms with E-state index in [0.29, 0.717) is 25.2 Å². The molecule has 8 atom stereocenters. The number of hydrogen-bond donors (Lipinski definition) is 0. The van der Waals surface area contributed by atoms with E-state index in [1.54, 1.807) is 0 Å². The Hall–Kier alpha value is -1.74. The fraction of sp³-hybridized carbons (Fsp3) is 0.818. The van der Waals surface area contributed by atoms with Crippen molar-refractivity contribution in [1.82, 2.24) is 0 Å². The maximum Gasteiger partial charge on any atom is 0.305 e. The molecule has 3 fully saturated rings. The molecule has 0 N–H and O–H groups in total. The van der Waals surface area contributed by atoms with Crippen molar-refractivity contribution in [2.75, 3.05) is 20.3 Å². The van der Waals surface area contributed by atoms with Crippen LogP contribution >= 0.6 is 0 Å². The molecule has 8 nitrogen and oxygen atoms in total. The molecule has 2 aliphatic heterocycles. The van der Waals surface area contributed by atoms with Crippen LogP contribution in [0, 0.1) is 17.8 Å². The Morgan fingerprint density at radius 2 is 1.76 bits per heavy atom. The van der Waals surface area contributed by atoms with Crippen molar-refractivity contribution in [3.8, 4) is 0 Å². The number of hydrogen-bond acceptors (Lipinski definition) is 8. The minimum Gasteiger partial charge on any atom is -0.469 e. The molecule has 0 bridgehead atoms. The molecule has 2 unspecified atom stereocenters. The number of carbonyl (C=O) groups is 2. The summed E-state index contributed by atoms with van der Waals surface area (Å²) in [6.07, 6.45) is 20.9. The average Bonchev–Trinajstić information content (AvgIpc) is 3.31. The van der Waals surface area contributed by atoms with Crippen LogP contribution in [0.25, 0.3) is 0 Å². The largest absolute Gasteiger partial charge is 0.469 e. The van der Waals surface area contributed by atoms with Gasteiger partial charge in [-0.25, -0.2) is 0 Å². The predicted octanol–water partition coefficient (Wildman–Crippen LogP) is 6.66. The third kappa shape index (κ3) is 11.8. The summed E-state index contributed by atoms with van der Waals surface area (Å²) in [6.45, 7) is 6.52. The zero-order valence-corrected chi connectivity index (χ0v) is 25.6. The van der Waals surface area contributed by atoms with E-state index in [2.05, 4.69) is 38.2 Å². The Kier molecular flexibility index (Phi) is 16.0.